The Bertz CT molecular complexity index is 641. The van der Waals surface area contributed by atoms with Crippen LogP contribution in [0.4, 0.5) is 0 Å². The molecule has 2 rings (SSSR count). The Morgan fingerprint density at radius 2 is 1.90 bits per heavy atom. The van der Waals surface area contributed by atoms with Gasteiger partial charge in [0.2, 0.25) is 0 Å². The zero-order valence-corrected chi connectivity index (χ0v) is 11.1. The highest BCUT2D eigenvalue weighted by atomic mass is 16.5. The smallest absolute Gasteiger partial charge is 0.277 e. The second-order valence-electron chi connectivity index (χ2n) is 4.14. The number of amides is 1. The number of phenols is 2. The van der Waals surface area contributed by atoms with Gasteiger partial charge in [-0.25, -0.2) is 5.43 Å². The second-order valence-corrected chi connectivity index (χ2v) is 4.14. The SMILES string of the molecule is O=C(COc1ccccc1)NN=Cc1ccc(O)c(O)c1. The lowest BCUT2D eigenvalue weighted by Gasteiger charge is -2.04. The number of hydrogen-bond acceptors (Lipinski definition) is 5. The van der Waals surface area contributed by atoms with Crippen LogP contribution in [0.2, 0.25) is 0 Å². The number of hydrazone groups is 1. The number of ether oxygens (including phenoxy) is 1. The summed E-state index contributed by atoms with van der Waals surface area (Å²) >= 11 is 0. The molecule has 6 heteroatoms. The van der Waals surface area contributed by atoms with E-state index in [2.05, 4.69) is 10.5 Å². The summed E-state index contributed by atoms with van der Waals surface area (Å²) < 4.78 is 5.25. The second kappa shape index (κ2) is 6.95. The van der Waals surface area contributed by atoms with Gasteiger partial charge < -0.3 is 14.9 Å². The van der Waals surface area contributed by atoms with Gasteiger partial charge in [0, 0.05) is 0 Å². The van der Waals surface area contributed by atoms with Crippen molar-refractivity contribution in [1.82, 2.24) is 5.43 Å². The van der Waals surface area contributed by atoms with Crippen molar-refractivity contribution in [3.05, 3.63) is 54.1 Å². The summed E-state index contributed by atoms with van der Waals surface area (Å²) in [5.41, 5.74) is 2.83. The molecular weight excluding hydrogens is 272 g/mol. The van der Waals surface area contributed by atoms with Crippen molar-refractivity contribution in [2.75, 3.05) is 6.61 Å². The molecular formula is C15H14N2O4. The highest BCUT2D eigenvalue weighted by molar-refractivity contribution is 5.83. The van der Waals surface area contributed by atoms with Crippen molar-refractivity contribution in [3.8, 4) is 17.2 Å². The van der Waals surface area contributed by atoms with E-state index in [1.165, 1.54) is 18.3 Å². The van der Waals surface area contributed by atoms with Gasteiger partial charge in [0.15, 0.2) is 18.1 Å². The van der Waals surface area contributed by atoms with Gasteiger partial charge in [-0.3, -0.25) is 4.79 Å². The zero-order chi connectivity index (χ0) is 15.1. The molecule has 0 atom stereocenters. The summed E-state index contributed by atoms with van der Waals surface area (Å²) in [4.78, 5) is 11.5. The number of benzene rings is 2. The Balaban J connectivity index is 1.80. The normalized spacial score (nSPS) is 10.5. The molecule has 0 bridgehead atoms. The van der Waals surface area contributed by atoms with Crippen LogP contribution in [-0.2, 0) is 4.79 Å². The van der Waals surface area contributed by atoms with Gasteiger partial charge in [0.25, 0.3) is 5.91 Å². The third kappa shape index (κ3) is 4.54. The largest absolute Gasteiger partial charge is 0.504 e. The Hall–Kier alpha value is -3.02. The first-order valence-electron chi connectivity index (χ1n) is 6.17. The Kier molecular flexibility index (Phi) is 4.76. The number of phenolic OH excluding ortho intramolecular Hbond substituents is 2. The number of para-hydroxylation sites is 1. The molecule has 6 nitrogen and oxygen atoms in total. The fourth-order valence-electron chi connectivity index (χ4n) is 1.50. The highest BCUT2D eigenvalue weighted by Crippen LogP contribution is 2.23. The molecule has 0 saturated carbocycles. The van der Waals surface area contributed by atoms with Crippen molar-refractivity contribution in [2.45, 2.75) is 0 Å². The third-order valence-corrected chi connectivity index (χ3v) is 2.52. The number of nitrogens with zero attached hydrogens (tertiary/aromatic N) is 1. The molecule has 0 unspecified atom stereocenters. The zero-order valence-electron chi connectivity index (χ0n) is 11.1. The maximum absolute atomic E-state index is 11.5. The van der Waals surface area contributed by atoms with Gasteiger partial charge in [-0.1, -0.05) is 18.2 Å². The quantitative estimate of drug-likeness (QED) is 0.442. The summed E-state index contributed by atoms with van der Waals surface area (Å²) in [6.45, 7) is -0.151. The molecule has 0 saturated heterocycles. The predicted molar refractivity (Wildman–Crippen MR) is 77.4 cm³/mol. The van der Waals surface area contributed by atoms with Crippen LogP contribution in [-0.4, -0.2) is 28.9 Å². The first kappa shape index (κ1) is 14.4. The monoisotopic (exact) mass is 286 g/mol. The van der Waals surface area contributed by atoms with E-state index in [-0.39, 0.29) is 18.1 Å². The minimum Gasteiger partial charge on any atom is -0.504 e. The molecule has 0 aliphatic carbocycles. The standard InChI is InChI=1S/C15H14N2O4/c18-13-7-6-11(8-14(13)19)9-16-17-15(20)10-21-12-4-2-1-3-5-12/h1-9,18-19H,10H2,(H,17,20). The number of rotatable bonds is 5. The van der Waals surface area contributed by atoms with Crippen molar-refractivity contribution in [1.29, 1.82) is 0 Å². The van der Waals surface area contributed by atoms with Gasteiger partial charge in [-0.15, -0.1) is 0 Å². The Morgan fingerprint density at radius 3 is 2.62 bits per heavy atom. The van der Waals surface area contributed by atoms with Gasteiger partial charge >= 0.3 is 0 Å². The van der Waals surface area contributed by atoms with Crippen molar-refractivity contribution < 1.29 is 19.7 Å². The fourth-order valence-corrected chi connectivity index (χ4v) is 1.50. The van der Waals surface area contributed by atoms with Crippen LogP contribution >= 0.6 is 0 Å². The molecule has 2 aromatic rings. The highest BCUT2D eigenvalue weighted by Gasteiger charge is 2.01. The lowest BCUT2D eigenvalue weighted by Crippen LogP contribution is -2.24. The number of carbonyl (C=O) groups is 1. The van der Waals surface area contributed by atoms with Gasteiger partial charge in [-0.2, -0.15) is 5.10 Å². The van der Waals surface area contributed by atoms with Crippen LogP contribution in [0.5, 0.6) is 17.2 Å². The van der Waals surface area contributed by atoms with E-state index in [9.17, 15) is 9.90 Å². The van der Waals surface area contributed by atoms with Crippen LogP contribution in [0, 0.1) is 0 Å². The van der Waals surface area contributed by atoms with E-state index >= 15 is 0 Å². The third-order valence-electron chi connectivity index (χ3n) is 2.52. The maximum atomic E-state index is 11.5. The van der Waals surface area contributed by atoms with E-state index < -0.39 is 5.91 Å². The summed E-state index contributed by atoms with van der Waals surface area (Å²) in [7, 11) is 0. The molecule has 1 amide bonds. The van der Waals surface area contributed by atoms with E-state index in [4.69, 9.17) is 9.84 Å². The molecule has 0 aliphatic heterocycles. The van der Waals surface area contributed by atoms with Crippen LogP contribution in [0.15, 0.2) is 53.6 Å². The van der Waals surface area contributed by atoms with E-state index in [1.807, 2.05) is 18.2 Å². The minimum atomic E-state index is -0.405. The average Bonchev–Trinajstić information content (AvgIpc) is 2.50. The maximum Gasteiger partial charge on any atom is 0.277 e. The summed E-state index contributed by atoms with van der Waals surface area (Å²) in [6.07, 6.45) is 1.35. The summed E-state index contributed by atoms with van der Waals surface area (Å²) in [5.74, 6) is -0.275. The first-order chi connectivity index (χ1) is 10.1. The molecule has 0 spiro atoms. The molecule has 0 aromatic heterocycles. The van der Waals surface area contributed by atoms with E-state index in [1.54, 1.807) is 18.2 Å². The summed E-state index contributed by atoms with van der Waals surface area (Å²) in [6, 6.07) is 13.2. The molecule has 108 valence electrons. The van der Waals surface area contributed by atoms with Crippen molar-refractivity contribution in [2.24, 2.45) is 5.10 Å². The van der Waals surface area contributed by atoms with Gasteiger partial charge in [-0.05, 0) is 35.9 Å². The molecule has 21 heavy (non-hydrogen) atoms. The topological polar surface area (TPSA) is 91.2 Å². The number of aromatic hydroxyl groups is 2. The number of carbonyl (C=O) groups excluding carboxylic acids is 1. The molecule has 0 heterocycles. The average molecular weight is 286 g/mol. The van der Waals surface area contributed by atoms with Crippen molar-refractivity contribution in [3.63, 3.8) is 0 Å². The van der Waals surface area contributed by atoms with Crippen LogP contribution in [0.3, 0.4) is 0 Å². The molecule has 0 aliphatic rings. The molecule has 2 aromatic carbocycles. The fraction of sp³-hybridized carbons (Fsp3) is 0.0667. The van der Waals surface area contributed by atoms with Crippen LogP contribution < -0.4 is 10.2 Å². The molecule has 3 N–H and O–H groups in total. The molecule has 0 fully saturated rings. The Morgan fingerprint density at radius 1 is 1.14 bits per heavy atom. The van der Waals surface area contributed by atoms with Gasteiger partial charge in [0.05, 0.1) is 6.21 Å². The number of nitrogens with one attached hydrogen (secondary N) is 1. The van der Waals surface area contributed by atoms with Gasteiger partial charge in [0.1, 0.15) is 5.75 Å². The Labute approximate surface area is 121 Å². The van der Waals surface area contributed by atoms with E-state index in [0.717, 1.165) is 0 Å². The minimum absolute atomic E-state index is 0.151. The lowest BCUT2D eigenvalue weighted by molar-refractivity contribution is -0.123. The number of hydrogen-bond donors (Lipinski definition) is 3. The van der Waals surface area contributed by atoms with E-state index in [0.29, 0.717) is 11.3 Å². The lowest BCUT2D eigenvalue weighted by atomic mass is 10.2. The van der Waals surface area contributed by atoms with Crippen molar-refractivity contribution >= 4 is 12.1 Å². The predicted octanol–water partition coefficient (Wildman–Crippen LogP) is 1.63. The van der Waals surface area contributed by atoms with Crippen LogP contribution in [0.25, 0.3) is 0 Å². The van der Waals surface area contributed by atoms with Crippen LogP contribution in [0.1, 0.15) is 5.56 Å². The first-order valence-corrected chi connectivity index (χ1v) is 6.17. The molecule has 0 radical (unpaired) electrons. The summed E-state index contributed by atoms with van der Waals surface area (Å²) in [5, 5.41) is 22.2.